The van der Waals surface area contributed by atoms with Gasteiger partial charge >= 0.3 is 0 Å². The molecule has 14 heavy (non-hydrogen) atoms. The normalized spacial score (nSPS) is 14.5. The van der Waals surface area contributed by atoms with E-state index < -0.39 is 0 Å². The van der Waals surface area contributed by atoms with Crippen LogP contribution >= 0.6 is 0 Å². The molecule has 1 aromatic carbocycles. The van der Waals surface area contributed by atoms with Gasteiger partial charge in [-0.15, -0.1) is 0 Å². The molecule has 1 heterocycles. The van der Waals surface area contributed by atoms with E-state index in [1.165, 1.54) is 0 Å². The third-order valence-corrected chi connectivity index (χ3v) is 2.46. The number of carbonyl (C=O) groups excluding carboxylic acids is 1. The molecule has 1 aliphatic rings. The number of aldehydes is 1. The first-order valence-corrected chi connectivity index (χ1v) is 4.82. The van der Waals surface area contributed by atoms with E-state index in [0.717, 1.165) is 30.8 Å². The second-order valence-electron chi connectivity index (χ2n) is 3.27. The van der Waals surface area contributed by atoms with E-state index >= 15 is 0 Å². The first kappa shape index (κ1) is 9.06. The fourth-order valence-corrected chi connectivity index (χ4v) is 1.70. The minimum Gasteiger partial charge on any atom is -0.490 e. The van der Waals surface area contributed by atoms with E-state index in [1.54, 1.807) is 6.07 Å². The largest absolute Gasteiger partial charge is 0.490 e. The van der Waals surface area contributed by atoms with Crippen LogP contribution in [-0.2, 0) is 0 Å². The van der Waals surface area contributed by atoms with E-state index in [2.05, 4.69) is 11.8 Å². The van der Waals surface area contributed by atoms with Crippen molar-refractivity contribution in [3.05, 3.63) is 23.8 Å². The van der Waals surface area contributed by atoms with E-state index in [0.29, 0.717) is 12.2 Å². The second-order valence-corrected chi connectivity index (χ2v) is 3.27. The van der Waals surface area contributed by atoms with Crippen LogP contribution in [0.5, 0.6) is 5.75 Å². The fraction of sp³-hybridized carbons (Fsp3) is 0.364. The van der Waals surface area contributed by atoms with Crippen molar-refractivity contribution in [2.45, 2.75) is 6.92 Å². The first-order chi connectivity index (χ1) is 6.85. The lowest BCUT2D eigenvalue weighted by Crippen LogP contribution is -2.32. The van der Waals surface area contributed by atoms with Gasteiger partial charge in [-0.25, -0.2) is 0 Å². The SMILES string of the molecule is CCN1CCOc2cc(C=O)ccc21. The zero-order valence-electron chi connectivity index (χ0n) is 8.19. The van der Waals surface area contributed by atoms with Crippen molar-refractivity contribution in [3.8, 4) is 5.75 Å². The van der Waals surface area contributed by atoms with Crippen molar-refractivity contribution in [2.75, 3.05) is 24.6 Å². The Kier molecular flexibility index (Phi) is 2.39. The zero-order valence-corrected chi connectivity index (χ0v) is 8.19. The Bertz CT molecular complexity index is 349. The number of hydrogen-bond donors (Lipinski definition) is 0. The number of hydrogen-bond acceptors (Lipinski definition) is 3. The Labute approximate surface area is 83.3 Å². The molecule has 0 fully saturated rings. The van der Waals surface area contributed by atoms with Gasteiger partial charge in [-0.3, -0.25) is 4.79 Å². The van der Waals surface area contributed by atoms with Gasteiger partial charge in [0.15, 0.2) is 0 Å². The van der Waals surface area contributed by atoms with E-state index in [9.17, 15) is 4.79 Å². The van der Waals surface area contributed by atoms with Crippen LogP contribution in [0.15, 0.2) is 18.2 Å². The molecule has 2 rings (SSSR count). The zero-order chi connectivity index (χ0) is 9.97. The number of rotatable bonds is 2. The molecule has 0 spiro atoms. The second kappa shape index (κ2) is 3.70. The molecule has 3 nitrogen and oxygen atoms in total. The molecule has 0 bridgehead atoms. The van der Waals surface area contributed by atoms with Crippen LogP contribution < -0.4 is 9.64 Å². The molecule has 0 aliphatic carbocycles. The van der Waals surface area contributed by atoms with Crippen molar-refractivity contribution in [1.29, 1.82) is 0 Å². The van der Waals surface area contributed by atoms with Gasteiger partial charge in [0, 0.05) is 12.1 Å². The molecule has 3 heteroatoms. The number of ether oxygens (including phenoxy) is 1. The van der Waals surface area contributed by atoms with Crippen LogP contribution in [0.1, 0.15) is 17.3 Å². The van der Waals surface area contributed by atoms with E-state index in [4.69, 9.17) is 4.74 Å². The molecule has 0 aromatic heterocycles. The number of carbonyl (C=O) groups is 1. The molecule has 0 radical (unpaired) electrons. The van der Waals surface area contributed by atoms with Crippen LogP contribution in [0.3, 0.4) is 0 Å². The summed E-state index contributed by atoms with van der Waals surface area (Å²) in [4.78, 5) is 12.8. The predicted molar refractivity (Wildman–Crippen MR) is 55.2 cm³/mol. The number of likely N-dealkylation sites (N-methyl/N-ethyl adjacent to an activating group) is 1. The molecule has 74 valence electrons. The average Bonchev–Trinajstić information content (AvgIpc) is 2.27. The molecule has 0 N–H and O–H groups in total. The van der Waals surface area contributed by atoms with Crippen molar-refractivity contribution >= 4 is 12.0 Å². The Morgan fingerprint density at radius 2 is 2.43 bits per heavy atom. The van der Waals surface area contributed by atoms with Crippen LogP contribution in [0.2, 0.25) is 0 Å². The molecule has 0 atom stereocenters. The van der Waals surface area contributed by atoms with Gasteiger partial charge in [0.1, 0.15) is 18.6 Å². The van der Waals surface area contributed by atoms with Crippen LogP contribution in [-0.4, -0.2) is 26.0 Å². The maximum Gasteiger partial charge on any atom is 0.150 e. The summed E-state index contributed by atoms with van der Waals surface area (Å²) in [5.74, 6) is 0.822. The lowest BCUT2D eigenvalue weighted by atomic mass is 10.1. The lowest BCUT2D eigenvalue weighted by molar-refractivity contribution is 0.112. The number of anilines is 1. The van der Waals surface area contributed by atoms with Gasteiger partial charge in [0.2, 0.25) is 0 Å². The van der Waals surface area contributed by atoms with Crippen molar-refractivity contribution in [1.82, 2.24) is 0 Å². The molecular weight excluding hydrogens is 178 g/mol. The summed E-state index contributed by atoms with van der Waals surface area (Å²) in [7, 11) is 0. The smallest absolute Gasteiger partial charge is 0.150 e. The summed E-state index contributed by atoms with van der Waals surface area (Å²) in [5.41, 5.74) is 1.76. The Morgan fingerprint density at radius 3 is 3.14 bits per heavy atom. The highest BCUT2D eigenvalue weighted by molar-refractivity contribution is 5.78. The fourth-order valence-electron chi connectivity index (χ4n) is 1.70. The maximum atomic E-state index is 10.6. The van der Waals surface area contributed by atoms with Gasteiger partial charge < -0.3 is 9.64 Å². The highest BCUT2D eigenvalue weighted by Crippen LogP contribution is 2.31. The first-order valence-electron chi connectivity index (χ1n) is 4.82. The Morgan fingerprint density at radius 1 is 1.57 bits per heavy atom. The van der Waals surface area contributed by atoms with Gasteiger partial charge in [-0.05, 0) is 25.1 Å². The van der Waals surface area contributed by atoms with Gasteiger partial charge in [0.05, 0.1) is 12.2 Å². The summed E-state index contributed by atoms with van der Waals surface area (Å²) in [6.45, 7) is 4.70. The quantitative estimate of drug-likeness (QED) is 0.666. The summed E-state index contributed by atoms with van der Waals surface area (Å²) in [6, 6.07) is 5.56. The van der Waals surface area contributed by atoms with E-state index in [-0.39, 0.29) is 0 Å². The van der Waals surface area contributed by atoms with Crippen molar-refractivity contribution < 1.29 is 9.53 Å². The molecule has 0 unspecified atom stereocenters. The predicted octanol–water partition coefficient (Wildman–Crippen LogP) is 1.72. The summed E-state index contributed by atoms with van der Waals surface area (Å²) >= 11 is 0. The highest BCUT2D eigenvalue weighted by Gasteiger charge is 2.16. The molecule has 1 aromatic rings. The minimum atomic E-state index is 0.668. The standard InChI is InChI=1S/C11H13NO2/c1-2-12-5-6-14-11-7-9(8-13)3-4-10(11)12/h3-4,7-8H,2,5-6H2,1H3. The molecule has 0 saturated carbocycles. The average molecular weight is 191 g/mol. The molecule has 0 saturated heterocycles. The van der Waals surface area contributed by atoms with Crippen LogP contribution in [0.4, 0.5) is 5.69 Å². The van der Waals surface area contributed by atoms with Crippen LogP contribution in [0, 0.1) is 0 Å². The summed E-state index contributed by atoms with van der Waals surface area (Å²) in [6.07, 6.45) is 0.842. The summed E-state index contributed by atoms with van der Waals surface area (Å²) in [5, 5.41) is 0. The Hall–Kier alpha value is -1.51. The van der Waals surface area contributed by atoms with E-state index in [1.807, 2.05) is 12.1 Å². The highest BCUT2D eigenvalue weighted by atomic mass is 16.5. The van der Waals surface area contributed by atoms with Gasteiger partial charge in [-0.2, -0.15) is 0 Å². The third-order valence-electron chi connectivity index (χ3n) is 2.46. The Balaban J connectivity index is 2.40. The summed E-state index contributed by atoms with van der Waals surface area (Å²) < 4.78 is 5.50. The van der Waals surface area contributed by atoms with Gasteiger partial charge in [-0.1, -0.05) is 0 Å². The molecule has 1 aliphatic heterocycles. The van der Waals surface area contributed by atoms with Crippen molar-refractivity contribution in [3.63, 3.8) is 0 Å². The van der Waals surface area contributed by atoms with Crippen LogP contribution in [0.25, 0.3) is 0 Å². The third kappa shape index (κ3) is 1.45. The molecule has 0 amide bonds. The minimum absolute atomic E-state index is 0.668. The maximum absolute atomic E-state index is 10.6. The van der Waals surface area contributed by atoms with Crippen molar-refractivity contribution in [2.24, 2.45) is 0 Å². The molecular formula is C11H13NO2. The number of benzene rings is 1. The lowest BCUT2D eigenvalue weighted by Gasteiger charge is -2.30. The monoisotopic (exact) mass is 191 g/mol. The number of nitrogens with zero attached hydrogens (tertiary/aromatic N) is 1. The van der Waals surface area contributed by atoms with Gasteiger partial charge in [0.25, 0.3) is 0 Å². The number of fused-ring (bicyclic) bond motifs is 1. The topological polar surface area (TPSA) is 29.5 Å².